The van der Waals surface area contributed by atoms with Gasteiger partial charge in [0.25, 0.3) is 5.91 Å². The van der Waals surface area contributed by atoms with Gasteiger partial charge in [-0.25, -0.2) is 0 Å². The third kappa shape index (κ3) is 4.24. The molecular weight excluding hydrogens is 382 g/mol. The highest BCUT2D eigenvalue weighted by atomic mass is 35.5. The van der Waals surface area contributed by atoms with Crippen LogP contribution < -0.4 is 5.32 Å². The van der Waals surface area contributed by atoms with Crippen LogP contribution in [0.2, 0.25) is 0 Å². The number of benzene rings is 1. The topological polar surface area (TPSA) is 52.7 Å². The highest BCUT2D eigenvalue weighted by molar-refractivity contribution is 7.12. The van der Waals surface area contributed by atoms with E-state index in [1.807, 2.05) is 34.5 Å². The van der Waals surface area contributed by atoms with Crippen LogP contribution in [-0.4, -0.2) is 66.8 Å². The Hall–Kier alpha value is -1.73. The fourth-order valence-electron chi connectivity index (χ4n) is 3.85. The van der Waals surface area contributed by atoms with Crippen LogP contribution in [0.4, 0.5) is 0 Å². The van der Waals surface area contributed by atoms with E-state index in [0.717, 1.165) is 45.7 Å². The molecule has 2 fully saturated rings. The number of thiophene rings is 1. The molecule has 0 aliphatic carbocycles. The molecule has 1 aromatic heterocycles. The van der Waals surface area contributed by atoms with Gasteiger partial charge in [0.1, 0.15) is 0 Å². The summed E-state index contributed by atoms with van der Waals surface area (Å²) in [5.41, 5.74) is 1.03. The van der Waals surface area contributed by atoms with E-state index in [-0.39, 0.29) is 24.1 Å². The summed E-state index contributed by atoms with van der Waals surface area (Å²) in [6, 6.07) is 11.3. The van der Waals surface area contributed by atoms with E-state index in [9.17, 15) is 9.59 Å². The van der Waals surface area contributed by atoms with E-state index in [1.54, 1.807) is 12.1 Å². The number of ketones is 1. The summed E-state index contributed by atoms with van der Waals surface area (Å²) >= 11 is 1.41. The number of nitrogens with zero attached hydrogens (tertiary/aromatic N) is 2. The number of hydrogen-bond donors (Lipinski definition) is 1. The van der Waals surface area contributed by atoms with Crippen molar-refractivity contribution in [2.24, 2.45) is 0 Å². The van der Waals surface area contributed by atoms with Crippen LogP contribution in [-0.2, 0) is 0 Å². The fourth-order valence-corrected chi connectivity index (χ4v) is 4.53. The lowest BCUT2D eigenvalue weighted by molar-refractivity contribution is 0.0769. The molecule has 1 amide bonds. The zero-order valence-electron chi connectivity index (χ0n) is 15.1. The average Bonchev–Trinajstić information content (AvgIpc) is 3.40. The number of carbonyl (C=O) groups excluding carboxylic acids is 2. The first kappa shape index (κ1) is 20.0. The number of hydrogen-bond acceptors (Lipinski definition) is 5. The van der Waals surface area contributed by atoms with E-state index >= 15 is 0 Å². The molecular formula is C20H24ClN3O2S. The van der Waals surface area contributed by atoms with Crippen molar-refractivity contribution in [1.29, 1.82) is 0 Å². The Balaban J connectivity index is 0.00000210. The standard InChI is InChI=1S/C20H23N3O2S.ClH/c24-19(18-6-3-13-26-18)16-4-1-2-5-17(16)20(25)23-10-7-15(14-23)22-11-8-21-9-12-22;/h1-6,13,15,21H,7-12,14H2;1H. The summed E-state index contributed by atoms with van der Waals surface area (Å²) < 4.78 is 0. The molecule has 0 bridgehead atoms. The van der Waals surface area contributed by atoms with Gasteiger partial charge in [0, 0.05) is 50.9 Å². The molecule has 144 valence electrons. The Kier molecular flexibility index (Phi) is 6.65. The lowest BCUT2D eigenvalue weighted by atomic mass is 10.0. The largest absolute Gasteiger partial charge is 0.337 e. The van der Waals surface area contributed by atoms with Gasteiger partial charge in [-0.2, -0.15) is 0 Å². The van der Waals surface area contributed by atoms with Crippen LogP contribution in [0.25, 0.3) is 0 Å². The molecule has 0 spiro atoms. The quantitative estimate of drug-likeness (QED) is 0.794. The minimum absolute atomic E-state index is 0. The first-order valence-corrected chi connectivity index (χ1v) is 10.0. The van der Waals surface area contributed by atoms with E-state index in [1.165, 1.54) is 11.3 Å². The predicted octanol–water partition coefficient (Wildman–Crippen LogP) is 2.52. The molecule has 1 unspecified atom stereocenters. The fraction of sp³-hybridized carbons (Fsp3) is 0.400. The van der Waals surface area contributed by atoms with Crippen molar-refractivity contribution in [3.63, 3.8) is 0 Å². The zero-order valence-corrected chi connectivity index (χ0v) is 16.7. The number of nitrogens with one attached hydrogen (secondary N) is 1. The van der Waals surface area contributed by atoms with Crippen molar-refractivity contribution in [1.82, 2.24) is 15.1 Å². The van der Waals surface area contributed by atoms with E-state index in [0.29, 0.717) is 22.0 Å². The number of piperazine rings is 1. The maximum atomic E-state index is 13.1. The Labute approximate surface area is 169 Å². The molecule has 5 nitrogen and oxygen atoms in total. The van der Waals surface area contributed by atoms with Crippen molar-refractivity contribution in [2.75, 3.05) is 39.3 Å². The number of carbonyl (C=O) groups is 2. The lowest BCUT2D eigenvalue weighted by Crippen LogP contribution is -2.49. The Morgan fingerprint density at radius 2 is 1.74 bits per heavy atom. The van der Waals surface area contributed by atoms with Crippen LogP contribution in [0.1, 0.15) is 32.0 Å². The molecule has 2 saturated heterocycles. The minimum atomic E-state index is -0.0678. The summed E-state index contributed by atoms with van der Waals surface area (Å²) in [7, 11) is 0. The molecule has 7 heteroatoms. The van der Waals surface area contributed by atoms with Crippen molar-refractivity contribution in [3.8, 4) is 0 Å². The van der Waals surface area contributed by atoms with Gasteiger partial charge in [-0.1, -0.05) is 24.3 Å². The second kappa shape index (κ2) is 8.97. The average molecular weight is 406 g/mol. The maximum Gasteiger partial charge on any atom is 0.254 e. The smallest absolute Gasteiger partial charge is 0.254 e. The summed E-state index contributed by atoms with van der Waals surface area (Å²) in [4.78, 5) is 31.0. The maximum absolute atomic E-state index is 13.1. The third-order valence-electron chi connectivity index (χ3n) is 5.27. The van der Waals surface area contributed by atoms with Crippen LogP contribution in [0.5, 0.6) is 0 Å². The van der Waals surface area contributed by atoms with Crippen molar-refractivity contribution >= 4 is 35.4 Å². The lowest BCUT2D eigenvalue weighted by Gasteiger charge is -2.32. The van der Waals surface area contributed by atoms with Gasteiger partial charge in [-0.05, 0) is 23.9 Å². The molecule has 3 heterocycles. The molecule has 1 aromatic carbocycles. The van der Waals surface area contributed by atoms with Crippen molar-refractivity contribution < 1.29 is 9.59 Å². The molecule has 2 aromatic rings. The van der Waals surface area contributed by atoms with E-state index in [4.69, 9.17) is 0 Å². The third-order valence-corrected chi connectivity index (χ3v) is 6.13. The van der Waals surface area contributed by atoms with Crippen LogP contribution in [0, 0.1) is 0 Å². The highest BCUT2D eigenvalue weighted by Gasteiger charge is 2.32. The molecule has 1 atom stereocenters. The van der Waals surface area contributed by atoms with Gasteiger partial charge in [0.2, 0.25) is 5.78 Å². The Bertz CT molecular complexity index is 790. The monoisotopic (exact) mass is 405 g/mol. The van der Waals surface area contributed by atoms with Gasteiger partial charge in [0.15, 0.2) is 0 Å². The van der Waals surface area contributed by atoms with E-state index in [2.05, 4.69) is 10.2 Å². The first-order valence-electron chi connectivity index (χ1n) is 9.15. The number of halogens is 1. The van der Waals surface area contributed by atoms with Gasteiger partial charge >= 0.3 is 0 Å². The summed E-state index contributed by atoms with van der Waals surface area (Å²) in [5, 5.41) is 5.26. The van der Waals surface area contributed by atoms with Crippen LogP contribution in [0.15, 0.2) is 41.8 Å². The first-order chi connectivity index (χ1) is 12.7. The summed E-state index contributed by atoms with van der Waals surface area (Å²) in [6.07, 6.45) is 1.01. The van der Waals surface area contributed by atoms with E-state index < -0.39 is 0 Å². The van der Waals surface area contributed by atoms with Gasteiger partial charge < -0.3 is 10.2 Å². The summed E-state index contributed by atoms with van der Waals surface area (Å²) in [5.74, 6) is -0.0926. The molecule has 2 aliphatic heterocycles. The molecule has 0 saturated carbocycles. The number of likely N-dealkylation sites (tertiary alicyclic amines) is 1. The zero-order chi connectivity index (χ0) is 17.9. The second-order valence-electron chi connectivity index (χ2n) is 6.83. The van der Waals surface area contributed by atoms with Crippen LogP contribution >= 0.6 is 23.7 Å². The second-order valence-corrected chi connectivity index (χ2v) is 7.78. The van der Waals surface area contributed by atoms with Gasteiger partial charge in [-0.3, -0.25) is 14.5 Å². The van der Waals surface area contributed by atoms with Gasteiger partial charge in [0.05, 0.1) is 10.4 Å². The Morgan fingerprint density at radius 1 is 1.00 bits per heavy atom. The SMILES string of the molecule is Cl.O=C(c1cccs1)c1ccccc1C(=O)N1CCC(N2CCNCC2)C1. The van der Waals surface area contributed by atoms with Crippen molar-refractivity contribution in [3.05, 3.63) is 57.8 Å². The number of amides is 1. The molecule has 27 heavy (non-hydrogen) atoms. The van der Waals surface area contributed by atoms with Crippen LogP contribution in [0.3, 0.4) is 0 Å². The Morgan fingerprint density at radius 3 is 2.44 bits per heavy atom. The van der Waals surface area contributed by atoms with Gasteiger partial charge in [-0.15, -0.1) is 23.7 Å². The summed E-state index contributed by atoms with van der Waals surface area (Å²) in [6.45, 7) is 5.63. The minimum Gasteiger partial charge on any atom is -0.337 e. The molecule has 4 rings (SSSR count). The highest BCUT2D eigenvalue weighted by Crippen LogP contribution is 2.23. The normalized spacial score (nSPS) is 20.3. The number of rotatable bonds is 4. The molecule has 2 aliphatic rings. The molecule has 0 radical (unpaired) electrons. The van der Waals surface area contributed by atoms with Crippen molar-refractivity contribution in [2.45, 2.75) is 12.5 Å². The predicted molar refractivity (Wildman–Crippen MR) is 110 cm³/mol. The molecule has 1 N–H and O–H groups in total.